The highest BCUT2D eigenvalue weighted by Crippen LogP contribution is 2.28. The number of rotatable bonds is 2. The first-order valence-electron chi connectivity index (χ1n) is 5.96. The minimum absolute atomic E-state index is 0.728. The van der Waals surface area contributed by atoms with E-state index in [1.165, 1.54) is 0 Å². The van der Waals surface area contributed by atoms with E-state index in [0.29, 0.717) is 0 Å². The minimum atomic E-state index is 0.728. The summed E-state index contributed by atoms with van der Waals surface area (Å²) in [5.74, 6) is 0.853. The largest absolute Gasteiger partial charge is 0.497 e. The Morgan fingerprint density at radius 2 is 1.68 bits per heavy atom. The van der Waals surface area contributed by atoms with Crippen LogP contribution in [0.3, 0.4) is 0 Å². The van der Waals surface area contributed by atoms with E-state index >= 15 is 0 Å². The van der Waals surface area contributed by atoms with Crippen molar-refractivity contribution in [3.8, 4) is 16.9 Å². The fraction of sp³-hybridized carbons (Fsp3) is 0.0625. The van der Waals surface area contributed by atoms with Crippen LogP contribution in [0.4, 0.5) is 0 Å². The number of hydrogen-bond donors (Lipinski definition) is 0. The maximum absolute atomic E-state index is 6.14. The molecule has 0 N–H and O–H groups in total. The van der Waals surface area contributed by atoms with Crippen molar-refractivity contribution in [2.75, 3.05) is 7.11 Å². The van der Waals surface area contributed by atoms with Gasteiger partial charge in [-0.15, -0.1) is 0 Å². The topological polar surface area (TPSA) is 22.1 Å². The van der Waals surface area contributed by atoms with Crippen LogP contribution in [0, 0.1) is 0 Å². The summed E-state index contributed by atoms with van der Waals surface area (Å²) in [6.45, 7) is 0. The Bertz CT molecular complexity index is 722. The van der Waals surface area contributed by atoms with E-state index in [9.17, 15) is 0 Å². The van der Waals surface area contributed by atoms with Crippen LogP contribution in [0.15, 0.2) is 54.7 Å². The van der Waals surface area contributed by atoms with Gasteiger partial charge in [0.15, 0.2) is 0 Å². The molecule has 3 aromatic rings. The Labute approximate surface area is 116 Å². The number of aromatic nitrogens is 1. The number of hydrogen-bond acceptors (Lipinski definition) is 2. The first kappa shape index (κ1) is 12.0. The number of ether oxygens (including phenoxy) is 1. The van der Waals surface area contributed by atoms with Gasteiger partial charge in [-0.25, -0.2) is 0 Å². The van der Waals surface area contributed by atoms with Crippen LogP contribution in [0.25, 0.3) is 22.0 Å². The highest BCUT2D eigenvalue weighted by Gasteiger charge is 2.03. The molecule has 0 saturated heterocycles. The number of methoxy groups -OCH3 is 1. The second kappa shape index (κ2) is 4.90. The van der Waals surface area contributed by atoms with E-state index in [4.69, 9.17) is 16.3 Å². The summed E-state index contributed by atoms with van der Waals surface area (Å²) in [5.41, 5.74) is 3.15. The molecule has 1 aromatic heterocycles. The molecule has 1 heterocycles. The Hall–Kier alpha value is -2.06. The van der Waals surface area contributed by atoms with Crippen molar-refractivity contribution in [2.24, 2.45) is 0 Å². The molecule has 0 unspecified atom stereocenters. The molecule has 19 heavy (non-hydrogen) atoms. The summed E-state index contributed by atoms with van der Waals surface area (Å²) in [6.07, 6.45) is 1.72. The molecule has 0 atom stereocenters. The van der Waals surface area contributed by atoms with Crippen LogP contribution in [0.2, 0.25) is 5.02 Å². The fourth-order valence-electron chi connectivity index (χ4n) is 2.08. The van der Waals surface area contributed by atoms with Gasteiger partial charge in [0.2, 0.25) is 0 Å². The van der Waals surface area contributed by atoms with Crippen LogP contribution in [-0.2, 0) is 0 Å². The van der Waals surface area contributed by atoms with Gasteiger partial charge in [-0.2, -0.15) is 0 Å². The third-order valence-corrected chi connectivity index (χ3v) is 3.44. The molecular formula is C16H12ClNO. The quantitative estimate of drug-likeness (QED) is 0.680. The molecule has 3 rings (SSSR count). The monoisotopic (exact) mass is 269 g/mol. The number of halogens is 1. The van der Waals surface area contributed by atoms with E-state index in [1.54, 1.807) is 19.4 Å². The highest BCUT2D eigenvalue weighted by molar-refractivity contribution is 6.35. The second-order valence-electron chi connectivity index (χ2n) is 4.25. The normalized spacial score (nSPS) is 10.6. The smallest absolute Gasteiger partial charge is 0.118 e. The van der Waals surface area contributed by atoms with Gasteiger partial charge >= 0.3 is 0 Å². The molecule has 0 fully saturated rings. The lowest BCUT2D eigenvalue weighted by atomic mass is 10.0. The van der Waals surface area contributed by atoms with Crippen LogP contribution >= 0.6 is 11.6 Å². The lowest BCUT2D eigenvalue weighted by Gasteiger charge is -2.06. The van der Waals surface area contributed by atoms with Crippen molar-refractivity contribution in [1.29, 1.82) is 0 Å². The van der Waals surface area contributed by atoms with Gasteiger partial charge in [-0.1, -0.05) is 35.9 Å². The Kier molecular flexibility index (Phi) is 3.10. The van der Waals surface area contributed by atoms with Gasteiger partial charge < -0.3 is 4.74 Å². The van der Waals surface area contributed by atoms with Gasteiger partial charge in [0.05, 0.1) is 17.6 Å². The molecule has 3 heteroatoms. The Morgan fingerprint density at radius 1 is 0.947 bits per heavy atom. The SMILES string of the molecule is COc1ccc(-c2ccc3c(Cl)ccnc3c2)cc1. The van der Waals surface area contributed by atoms with Crippen LogP contribution in [-0.4, -0.2) is 12.1 Å². The number of pyridine rings is 1. The van der Waals surface area contributed by atoms with Crippen LogP contribution in [0.5, 0.6) is 5.75 Å². The standard InChI is InChI=1S/C16H12ClNO/c1-19-13-5-2-11(3-6-13)12-4-7-14-15(17)8-9-18-16(14)10-12/h2-10H,1H3. The lowest BCUT2D eigenvalue weighted by Crippen LogP contribution is -1.84. The molecule has 0 aliphatic carbocycles. The average Bonchev–Trinajstić information content (AvgIpc) is 2.47. The first-order valence-corrected chi connectivity index (χ1v) is 6.34. The van der Waals surface area contributed by atoms with E-state index in [0.717, 1.165) is 32.8 Å². The maximum Gasteiger partial charge on any atom is 0.118 e. The molecule has 0 amide bonds. The lowest BCUT2D eigenvalue weighted by molar-refractivity contribution is 0.415. The van der Waals surface area contributed by atoms with Gasteiger partial charge in [0, 0.05) is 11.6 Å². The van der Waals surface area contributed by atoms with E-state index in [-0.39, 0.29) is 0 Å². The molecule has 0 saturated carbocycles. The van der Waals surface area contributed by atoms with E-state index in [1.807, 2.05) is 36.4 Å². The van der Waals surface area contributed by atoms with Crippen LogP contribution in [0.1, 0.15) is 0 Å². The third-order valence-electron chi connectivity index (χ3n) is 3.11. The Balaban J connectivity index is 2.09. The minimum Gasteiger partial charge on any atom is -0.497 e. The van der Waals surface area contributed by atoms with Crippen LogP contribution < -0.4 is 4.74 Å². The summed E-state index contributed by atoms with van der Waals surface area (Å²) < 4.78 is 5.16. The summed E-state index contributed by atoms with van der Waals surface area (Å²) in [7, 11) is 1.66. The molecule has 2 aromatic carbocycles. The zero-order valence-electron chi connectivity index (χ0n) is 10.4. The molecule has 0 aliphatic rings. The second-order valence-corrected chi connectivity index (χ2v) is 4.66. The molecule has 2 nitrogen and oxygen atoms in total. The van der Waals surface area contributed by atoms with Gasteiger partial charge in [0.25, 0.3) is 0 Å². The van der Waals surface area contributed by atoms with E-state index in [2.05, 4.69) is 11.1 Å². The van der Waals surface area contributed by atoms with Gasteiger partial charge in [-0.05, 0) is 35.4 Å². The molecular weight excluding hydrogens is 258 g/mol. The summed E-state index contributed by atoms with van der Waals surface area (Å²) >= 11 is 6.14. The van der Waals surface area contributed by atoms with Gasteiger partial charge in [0.1, 0.15) is 5.75 Å². The number of nitrogens with zero attached hydrogens (tertiary/aromatic N) is 1. The van der Waals surface area contributed by atoms with Crippen molar-refractivity contribution in [3.05, 3.63) is 59.8 Å². The molecule has 0 spiro atoms. The highest BCUT2D eigenvalue weighted by atomic mass is 35.5. The Morgan fingerprint density at radius 3 is 2.42 bits per heavy atom. The zero-order chi connectivity index (χ0) is 13.2. The summed E-state index contributed by atoms with van der Waals surface area (Å²) in [6, 6.07) is 15.9. The molecule has 0 radical (unpaired) electrons. The molecule has 0 aliphatic heterocycles. The predicted octanol–water partition coefficient (Wildman–Crippen LogP) is 4.56. The van der Waals surface area contributed by atoms with Crippen molar-refractivity contribution in [1.82, 2.24) is 4.98 Å². The van der Waals surface area contributed by atoms with Gasteiger partial charge in [-0.3, -0.25) is 4.98 Å². The van der Waals surface area contributed by atoms with Crippen molar-refractivity contribution in [3.63, 3.8) is 0 Å². The van der Waals surface area contributed by atoms with Crippen molar-refractivity contribution < 1.29 is 4.74 Å². The third kappa shape index (κ3) is 2.27. The summed E-state index contributed by atoms with van der Waals surface area (Å²) in [5, 5.41) is 1.70. The number of benzene rings is 2. The maximum atomic E-state index is 6.14. The first-order chi connectivity index (χ1) is 9.28. The zero-order valence-corrected chi connectivity index (χ0v) is 11.2. The van der Waals surface area contributed by atoms with Crippen molar-refractivity contribution in [2.45, 2.75) is 0 Å². The average molecular weight is 270 g/mol. The molecule has 0 bridgehead atoms. The van der Waals surface area contributed by atoms with Crippen molar-refractivity contribution >= 4 is 22.5 Å². The summed E-state index contributed by atoms with van der Waals surface area (Å²) in [4.78, 5) is 4.35. The number of fused-ring (bicyclic) bond motifs is 1. The molecule has 94 valence electrons. The van der Waals surface area contributed by atoms with E-state index < -0.39 is 0 Å². The fourth-order valence-corrected chi connectivity index (χ4v) is 2.29. The predicted molar refractivity (Wildman–Crippen MR) is 78.7 cm³/mol.